The second-order valence-corrected chi connectivity index (χ2v) is 5.37. The molecule has 106 valence electrons. The van der Waals surface area contributed by atoms with E-state index in [4.69, 9.17) is 4.74 Å². The summed E-state index contributed by atoms with van der Waals surface area (Å²) < 4.78 is 5.02. The zero-order chi connectivity index (χ0) is 14.8. The fourth-order valence-corrected chi connectivity index (χ4v) is 2.80. The average Bonchev–Trinajstić information content (AvgIpc) is 3.07. The Labute approximate surface area is 124 Å². The number of thiophene rings is 1. The molecule has 1 aliphatic heterocycles. The van der Waals surface area contributed by atoms with Crippen LogP contribution in [0.3, 0.4) is 0 Å². The molecule has 6 nitrogen and oxygen atoms in total. The molecule has 1 fully saturated rings. The van der Waals surface area contributed by atoms with Gasteiger partial charge in [-0.1, -0.05) is 0 Å². The van der Waals surface area contributed by atoms with Crippen LogP contribution in [0.5, 0.6) is 5.88 Å². The minimum absolute atomic E-state index is 0.251. The fraction of sp³-hybridized carbons (Fsp3) is 0.0714. The number of rotatable bonds is 3. The van der Waals surface area contributed by atoms with E-state index in [-0.39, 0.29) is 5.70 Å². The third-order valence-electron chi connectivity index (χ3n) is 2.86. The maximum atomic E-state index is 11.5. The number of amides is 3. The Balaban J connectivity index is 1.84. The topological polar surface area (TPSA) is 80.3 Å². The molecule has 0 atom stereocenters. The molecule has 0 spiro atoms. The zero-order valence-corrected chi connectivity index (χ0v) is 11.9. The Morgan fingerprint density at radius 3 is 2.67 bits per heavy atom. The summed E-state index contributed by atoms with van der Waals surface area (Å²) in [5.74, 6) is 0.143. The number of carbonyl (C=O) groups excluding carboxylic acids is 2. The number of hydrogen-bond acceptors (Lipinski definition) is 5. The first kappa shape index (κ1) is 13.3. The predicted octanol–water partition coefficient (Wildman–Crippen LogP) is 2.00. The maximum absolute atomic E-state index is 11.5. The van der Waals surface area contributed by atoms with Gasteiger partial charge in [-0.15, -0.1) is 11.3 Å². The van der Waals surface area contributed by atoms with Gasteiger partial charge >= 0.3 is 6.03 Å². The first-order valence-electron chi connectivity index (χ1n) is 6.10. The number of aromatic nitrogens is 1. The minimum atomic E-state index is -0.498. The van der Waals surface area contributed by atoms with Crippen LogP contribution in [0.4, 0.5) is 4.79 Å². The lowest BCUT2D eigenvalue weighted by Gasteiger charge is -1.99. The van der Waals surface area contributed by atoms with Gasteiger partial charge in [0.1, 0.15) is 5.70 Å². The smallest absolute Gasteiger partial charge is 0.326 e. The van der Waals surface area contributed by atoms with Crippen molar-refractivity contribution in [2.75, 3.05) is 7.11 Å². The van der Waals surface area contributed by atoms with Crippen molar-refractivity contribution >= 4 is 29.4 Å². The van der Waals surface area contributed by atoms with Crippen LogP contribution in [0.1, 0.15) is 4.88 Å². The molecule has 3 heterocycles. The van der Waals surface area contributed by atoms with Crippen LogP contribution in [0, 0.1) is 0 Å². The summed E-state index contributed by atoms with van der Waals surface area (Å²) in [6.45, 7) is 0. The molecule has 2 aromatic heterocycles. The van der Waals surface area contributed by atoms with E-state index in [1.807, 2.05) is 18.2 Å². The Hall–Kier alpha value is -2.67. The number of carbonyl (C=O) groups is 2. The molecule has 2 aromatic rings. The number of hydrogen-bond donors (Lipinski definition) is 2. The lowest BCUT2D eigenvalue weighted by atomic mass is 10.2. The van der Waals surface area contributed by atoms with Gasteiger partial charge in [-0.3, -0.25) is 10.1 Å². The summed E-state index contributed by atoms with van der Waals surface area (Å²) in [7, 11) is 1.57. The highest BCUT2D eigenvalue weighted by Gasteiger charge is 2.22. The van der Waals surface area contributed by atoms with Crippen LogP contribution in [-0.4, -0.2) is 24.0 Å². The van der Waals surface area contributed by atoms with Gasteiger partial charge in [0.25, 0.3) is 5.91 Å². The minimum Gasteiger partial charge on any atom is -0.481 e. The Kier molecular flexibility index (Phi) is 3.41. The normalized spacial score (nSPS) is 16.0. The first-order valence-corrected chi connectivity index (χ1v) is 6.91. The monoisotopic (exact) mass is 301 g/mol. The number of imide groups is 1. The molecule has 3 amide bonds. The van der Waals surface area contributed by atoms with Crippen LogP contribution in [0.2, 0.25) is 0 Å². The van der Waals surface area contributed by atoms with Crippen molar-refractivity contribution in [2.45, 2.75) is 0 Å². The van der Waals surface area contributed by atoms with Gasteiger partial charge in [0.2, 0.25) is 5.88 Å². The fourth-order valence-electron chi connectivity index (χ4n) is 1.86. The molecular weight excluding hydrogens is 290 g/mol. The van der Waals surface area contributed by atoms with Crippen LogP contribution in [0.25, 0.3) is 16.5 Å². The van der Waals surface area contributed by atoms with Crippen molar-refractivity contribution in [2.24, 2.45) is 0 Å². The Bertz CT molecular complexity index is 734. The highest BCUT2D eigenvalue weighted by molar-refractivity contribution is 7.16. The molecule has 0 saturated carbocycles. The van der Waals surface area contributed by atoms with Gasteiger partial charge in [-0.25, -0.2) is 9.78 Å². The van der Waals surface area contributed by atoms with Gasteiger partial charge in [-0.05, 0) is 24.3 Å². The van der Waals surface area contributed by atoms with E-state index in [1.165, 1.54) is 11.3 Å². The van der Waals surface area contributed by atoms with Crippen LogP contribution < -0.4 is 15.4 Å². The molecule has 3 rings (SSSR count). The summed E-state index contributed by atoms with van der Waals surface area (Å²) in [4.78, 5) is 28.5. The Morgan fingerprint density at radius 2 is 2.05 bits per heavy atom. The highest BCUT2D eigenvalue weighted by Crippen LogP contribution is 2.29. The van der Waals surface area contributed by atoms with Gasteiger partial charge in [0, 0.05) is 27.6 Å². The molecule has 21 heavy (non-hydrogen) atoms. The van der Waals surface area contributed by atoms with E-state index in [0.29, 0.717) is 5.88 Å². The molecule has 1 aliphatic rings. The molecule has 0 aromatic carbocycles. The standard InChI is InChI=1S/C14H11N3O3S/c1-20-12-5-2-8(7-15-12)11-4-3-9(21-11)6-10-13(18)17-14(19)16-10/h2-7H,1H3,(H2,16,17,18,19)/b10-6+. The second-order valence-electron chi connectivity index (χ2n) is 4.26. The summed E-state index contributed by atoms with van der Waals surface area (Å²) in [5.41, 5.74) is 1.21. The molecular formula is C14H11N3O3S. The first-order chi connectivity index (χ1) is 10.2. The SMILES string of the molecule is COc1ccc(-c2ccc(/C=C3/NC(=O)NC3=O)s2)cn1. The third kappa shape index (κ3) is 2.77. The van der Waals surface area contributed by atoms with E-state index in [9.17, 15) is 9.59 Å². The molecule has 0 radical (unpaired) electrons. The van der Waals surface area contributed by atoms with E-state index in [0.717, 1.165) is 15.3 Å². The van der Waals surface area contributed by atoms with Gasteiger partial charge in [0.05, 0.1) is 7.11 Å². The molecule has 2 N–H and O–H groups in total. The summed E-state index contributed by atoms with van der Waals surface area (Å²) in [6, 6.07) is 7.03. The van der Waals surface area contributed by atoms with Gasteiger partial charge < -0.3 is 10.1 Å². The van der Waals surface area contributed by atoms with Crippen LogP contribution >= 0.6 is 11.3 Å². The molecule has 7 heteroatoms. The lowest BCUT2D eigenvalue weighted by molar-refractivity contribution is -0.115. The van der Waals surface area contributed by atoms with Crippen LogP contribution in [-0.2, 0) is 4.79 Å². The zero-order valence-electron chi connectivity index (χ0n) is 11.0. The predicted molar refractivity (Wildman–Crippen MR) is 78.8 cm³/mol. The highest BCUT2D eigenvalue weighted by atomic mass is 32.1. The van der Waals surface area contributed by atoms with Gasteiger partial charge in [0.15, 0.2) is 0 Å². The average molecular weight is 301 g/mol. The number of urea groups is 1. The largest absolute Gasteiger partial charge is 0.481 e. The van der Waals surface area contributed by atoms with Gasteiger partial charge in [-0.2, -0.15) is 0 Å². The van der Waals surface area contributed by atoms with E-state index >= 15 is 0 Å². The van der Waals surface area contributed by atoms with Crippen LogP contribution in [0.15, 0.2) is 36.2 Å². The molecule has 0 bridgehead atoms. The van der Waals surface area contributed by atoms with Crippen molar-refractivity contribution in [3.05, 3.63) is 41.0 Å². The quantitative estimate of drug-likeness (QED) is 0.671. The number of methoxy groups -OCH3 is 1. The lowest BCUT2D eigenvalue weighted by Crippen LogP contribution is -2.22. The summed E-state index contributed by atoms with van der Waals surface area (Å²) in [6.07, 6.45) is 3.37. The van der Waals surface area contributed by atoms with Crippen molar-refractivity contribution < 1.29 is 14.3 Å². The van der Waals surface area contributed by atoms with E-state index in [1.54, 1.807) is 25.4 Å². The number of pyridine rings is 1. The number of nitrogens with zero attached hydrogens (tertiary/aromatic N) is 1. The van der Waals surface area contributed by atoms with Crippen molar-refractivity contribution in [3.63, 3.8) is 0 Å². The number of ether oxygens (including phenoxy) is 1. The third-order valence-corrected chi connectivity index (χ3v) is 3.94. The molecule has 1 saturated heterocycles. The second kappa shape index (κ2) is 5.37. The maximum Gasteiger partial charge on any atom is 0.326 e. The van der Waals surface area contributed by atoms with E-state index < -0.39 is 11.9 Å². The Morgan fingerprint density at radius 1 is 1.19 bits per heavy atom. The summed E-state index contributed by atoms with van der Waals surface area (Å²) in [5, 5.41) is 4.62. The number of nitrogens with one attached hydrogen (secondary N) is 2. The van der Waals surface area contributed by atoms with Crippen molar-refractivity contribution in [1.82, 2.24) is 15.6 Å². The van der Waals surface area contributed by atoms with E-state index in [2.05, 4.69) is 15.6 Å². The molecule has 0 aliphatic carbocycles. The van der Waals surface area contributed by atoms with Crippen molar-refractivity contribution in [3.8, 4) is 16.3 Å². The summed E-state index contributed by atoms with van der Waals surface area (Å²) >= 11 is 1.50. The van der Waals surface area contributed by atoms with Crippen molar-refractivity contribution in [1.29, 1.82) is 0 Å². The molecule has 0 unspecified atom stereocenters.